The number of likely N-dealkylation sites (tertiary alicyclic amines) is 1. The van der Waals surface area contributed by atoms with Crippen molar-refractivity contribution in [3.63, 3.8) is 0 Å². The van der Waals surface area contributed by atoms with E-state index in [4.69, 9.17) is 0 Å². The highest BCUT2D eigenvalue weighted by atomic mass is 19.1. The number of hydrogen-bond acceptors (Lipinski definition) is 2. The van der Waals surface area contributed by atoms with Crippen LogP contribution >= 0.6 is 0 Å². The summed E-state index contributed by atoms with van der Waals surface area (Å²) in [6, 6.07) is 3.25. The standard InChI is InChI=1S/C15H19F2NO/c16-12-4-5-14(17)13(6-12)15(19)9-18-7-10-2-1-3-11(10)8-18/h4-6,10-11,15,19H,1-3,7-9H2. The first kappa shape index (κ1) is 13.0. The third kappa shape index (κ3) is 2.65. The molecule has 0 aromatic heterocycles. The van der Waals surface area contributed by atoms with Crippen LogP contribution in [0, 0.1) is 23.5 Å². The monoisotopic (exact) mass is 267 g/mol. The van der Waals surface area contributed by atoms with Crippen molar-refractivity contribution in [2.45, 2.75) is 25.4 Å². The first-order valence-electron chi connectivity index (χ1n) is 6.99. The highest BCUT2D eigenvalue weighted by Gasteiger charge is 2.36. The van der Waals surface area contributed by atoms with E-state index < -0.39 is 17.7 Å². The maximum atomic E-state index is 13.6. The fourth-order valence-electron chi connectivity index (χ4n) is 3.59. The van der Waals surface area contributed by atoms with Crippen LogP contribution in [0.3, 0.4) is 0 Å². The van der Waals surface area contributed by atoms with Gasteiger partial charge in [0.05, 0.1) is 6.10 Å². The van der Waals surface area contributed by atoms with Crippen LogP contribution < -0.4 is 0 Å². The summed E-state index contributed by atoms with van der Waals surface area (Å²) in [7, 11) is 0. The number of halogens is 2. The molecule has 1 aromatic carbocycles. The molecule has 1 saturated heterocycles. The second-order valence-corrected chi connectivity index (χ2v) is 5.85. The topological polar surface area (TPSA) is 23.5 Å². The van der Waals surface area contributed by atoms with Gasteiger partial charge in [0.15, 0.2) is 0 Å². The van der Waals surface area contributed by atoms with Gasteiger partial charge < -0.3 is 5.11 Å². The lowest BCUT2D eigenvalue weighted by Gasteiger charge is -2.21. The van der Waals surface area contributed by atoms with E-state index in [1.807, 2.05) is 0 Å². The molecule has 3 rings (SSSR count). The summed E-state index contributed by atoms with van der Waals surface area (Å²) < 4.78 is 26.7. The Kier molecular flexibility index (Phi) is 3.54. The van der Waals surface area contributed by atoms with Gasteiger partial charge in [-0.25, -0.2) is 8.78 Å². The summed E-state index contributed by atoms with van der Waals surface area (Å²) in [5, 5.41) is 10.1. The number of nitrogens with zero attached hydrogens (tertiary/aromatic N) is 1. The number of rotatable bonds is 3. The van der Waals surface area contributed by atoms with Crippen molar-refractivity contribution in [2.75, 3.05) is 19.6 Å². The lowest BCUT2D eigenvalue weighted by molar-refractivity contribution is 0.118. The van der Waals surface area contributed by atoms with Crippen molar-refractivity contribution in [1.82, 2.24) is 4.90 Å². The maximum Gasteiger partial charge on any atom is 0.129 e. The molecule has 3 unspecified atom stereocenters. The van der Waals surface area contributed by atoms with E-state index in [0.717, 1.165) is 43.1 Å². The molecule has 1 aromatic rings. The Hall–Kier alpha value is -1.00. The average Bonchev–Trinajstić information content (AvgIpc) is 2.92. The zero-order chi connectivity index (χ0) is 13.4. The number of fused-ring (bicyclic) bond motifs is 1. The van der Waals surface area contributed by atoms with Crippen LogP contribution in [0.5, 0.6) is 0 Å². The van der Waals surface area contributed by atoms with Gasteiger partial charge in [0.1, 0.15) is 11.6 Å². The molecule has 0 amide bonds. The lowest BCUT2D eigenvalue weighted by atomic mass is 10.0. The normalized spacial score (nSPS) is 28.6. The molecule has 3 atom stereocenters. The molecule has 0 bridgehead atoms. The molecule has 4 heteroatoms. The highest BCUT2D eigenvalue weighted by Crippen LogP contribution is 2.38. The largest absolute Gasteiger partial charge is 0.387 e. The molecule has 19 heavy (non-hydrogen) atoms. The van der Waals surface area contributed by atoms with Crippen LogP contribution in [0.1, 0.15) is 30.9 Å². The van der Waals surface area contributed by atoms with Crippen LogP contribution in [0.2, 0.25) is 0 Å². The van der Waals surface area contributed by atoms with Gasteiger partial charge in [-0.1, -0.05) is 6.42 Å². The second-order valence-electron chi connectivity index (χ2n) is 5.85. The average molecular weight is 267 g/mol. The Morgan fingerprint density at radius 1 is 1.21 bits per heavy atom. The molecule has 1 aliphatic carbocycles. The first-order valence-corrected chi connectivity index (χ1v) is 6.99. The van der Waals surface area contributed by atoms with Gasteiger partial charge in [-0.15, -0.1) is 0 Å². The first-order chi connectivity index (χ1) is 9.13. The molecule has 1 N–H and O–H groups in total. The molecule has 0 spiro atoms. The van der Waals surface area contributed by atoms with Crippen molar-refractivity contribution in [2.24, 2.45) is 11.8 Å². The number of β-amino-alcohol motifs (C(OH)–C–C–N with tert-alkyl or cyclic N) is 1. The lowest BCUT2D eigenvalue weighted by Crippen LogP contribution is -2.27. The SMILES string of the molecule is OC(CN1CC2CCCC2C1)c1cc(F)ccc1F. The molecule has 1 saturated carbocycles. The van der Waals surface area contributed by atoms with Crippen molar-refractivity contribution < 1.29 is 13.9 Å². The van der Waals surface area contributed by atoms with Crippen molar-refractivity contribution in [1.29, 1.82) is 0 Å². The van der Waals surface area contributed by atoms with Gasteiger partial charge in [0, 0.05) is 25.2 Å². The molecule has 2 fully saturated rings. The summed E-state index contributed by atoms with van der Waals surface area (Å²) in [5.41, 5.74) is 0.0667. The van der Waals surface area contributed by atoms with Crippen LogP contribution in [0.15, 0.2) is 18.2 Å². The fourth-order valence-corrected chi connectivity index (χ4v) is 3.59. The number of benzene rings is 1. The summed E-state index contributed by atoms with van der Waals surface area (Å²) >= 11 is 0. The Morgan fingerprint density at radius 3 is 2.58 bits per heavy atom. The summed E-state index contributed by atoms with van der Waals surface area (Å²) in [6.07, 6.45) is 2.90. The van der Waals surface area contributed by atoms with Crippen molar-refractivity contribution in [3.8, 4) is 0 Å². The van der Waals surface area contributed by atoms with Gasteiger partial charge in [-0.2, -0.15) is 0 Å². The van der Waals surface area contributed by atoms with Gasteiger partial charge >= 0.3 is 0 Å². The second kappa shape index (κ2) is 5.17. The molecular weight excluding hydrogens is 248 g/mol. The maximum absolute atomic E-state index is 13.6. The summed E-state index contributed by atoms with van der Waals surface area (Å²) in [5.74, 6) is 0.441. The molecular formula is C15H19F2NO. The van der Waals surface area contributed by atoms with Gasteiger partial charge in [0.2, 0.25) is 0 Å². The van der Waals surface area contributed by atoms with Crippen LogP contribution in [-0.4, -0.2) is 29.6 Å². The summed E-state index contributed by atoms with van der Waals surface area (Å²) in [4.78, 5) is 2.18. The summed E-state index contributed by atoms with van der Waals surface area (Å²) in [6.45, 7) is 2.37. The van der Waals surface area contributed by atoms with Gasteiger partial charge in [-0.05, 0) is 42.9 Å². The van der Waals surface area contributed by atoms with Crippen LogP contribution in [0.4, 0.5) is 8.78 Å². The Bertz CT molecular complexity index is 453. The minimum absolute atomic E-state index is 0.0667. The van der Waals surface area contributed by atoms with E-state index in [-0.39, 0.29) is 5.56 Å². The molecule has 2 nitrogen and oxygen atoms in total. The van der Waals surface area contributed by atoms with Gasteiger partial charge in [0.25, 0.3) is 0 Å². The molecule has 2 aliphatic rings. The van der Waals surface area contributed by atoms with E-state index in [2.05, 4.69) is 4.90 Å². The van der Waals surface area contributed by atoms with E-state index in [1.165, 1.54) is 19.3 Å². The Balaban J connectivity index is 1.65. The zero-order valence-electron chi connectivity index (χ0n) is 10.9. The molecule has 1 aliphatic heterocycles. The number of hydrogen-bond donors (Lipinski definition) is 1. The Labute approximate surface area is 112 Å². The minimum atomic E-state index is -0.950. The van der Waals surface area contributed by atoms with Gasteiger partial charge in [-0.3, -0.25) is 4.90 Å². The van der Waals surface area contributed by atoms with E-state index >= 15 is 0 Å². The molecule has 104 valence electrons. The van der Waals surface area contributed by atoms with Crippen LogP contribution in [-0.2, 0) is 0 Å². The fraction of sp³-hybridized carbons (Fsp3) is 0.600. The smallest absolute Gasteiger partial charge is 0.129 e. The zero-order valence-corrected chi connectivity index (χ0v) is 10.9. The van der Waals surface area contributed by atoms with E-state index in [1.54, 1.807) is 0 Å². The predicted octanol–water partition coefficient (Wildman–Crippen LogP) is 2.73. The number of aliphatic hydroxyl groups is 1. The molecule has 0 radical (unpaired) electrons. The number of aliphatic hydroxyl groups excluding tert-OH is 1. The van der Waals surface area contributed by atoms with Crippen LogP contribution in [0.25, 0.3) is 0 Å². The Morgan fingerprint density at radius 2 is 1.89 bits per heavy atom. The van der Waals surface area contributed by atoms with E-state index in [9.17, 15) is 13.9 Å². The highest BCUT2D eigenvalue weighted by molar-refractivity contribution is 5.21. The third-order valence-electron chi connectivity index (χ3n) is 4.55. The minimum Gasteiger partial charge on any atom is -0.387 e. The quantitative estimate of drug-likeness (QED) is 0.910. The van der Waals surface area contributed by atoms with E-state index in [0.29, 0.717) is 6.54 Å². The third-order valence-corrected chi connectivity index (χ3v) is 4.55. The molecule has 1 heterocycles. The van der Waals surface area contributed by atoms with Crippen molar-refractivity contribution >= 4 is 0 Å². The predicted molar refractivity (Wildman–Crippen MR) is 68.6 cm³/mol. The van der Waals surface area contributed by atoms with Crippen molar-refractivity contribution in [3.05, 3.63) is 35.4 Å².